The Hall–Kier alpha value is -3.11. The molecule has 52 heavy (non-hydrogen) atoms. The highest BCUT2D eigenvalue weighted by Gasteiger charge is 2.92. The summed E-state index contributed by atoms with van der Waals surface area (Å²) in [6.45, 7) is 17.1. The van der Waals surface area contributed by atoms with E-state index in [9.17, 15) is 14.9 Å². The van der Waals surface area contributed by atoms with Crippen LogP contribution < -0.4 is 5.32 Å². The third-order valence-corrected chi connectivity index (χ3v) is 15.1. The first-order valence-electron chi connectivity index (χ1n) is 19.5. The third-order valence-electron chi connectivity index (χ3n) is 15.1. The molecular weight excluding hydrogens is 659 g/mol. The molecule has 12 heteroatoms. The van der Waals surface area contributed by atoms with E-state index in [-0.39, 0.29) is 35.5 Å². The molecule has 9 aliphatic rings. The van der Waals surface area contributed by atoms with Gasteiger partial charge in [-0.05, 0) is 99.0 Å². The fourth-order valence-electron chi connectivity index (χ4n) is 11.9. The zero-order chi connectivity index (χ0) is 36.4. The van der Waals surface area contributed by atoms with Gasteiger partial charge in [0.05, 0.1) is 48.7 Å². The Bertz CT molecular complexity index is 1790. The van der Waals surface area contributed by atoms with Crippen LogP contribution in [-0.4, -0.2) is 97.1 Å². The van der Waals surface area contributed by atoms with Crippen LogP contribution in [0.3, 0.4) is 0 Å². The number of furan rings is 1. The first-order valence-corrected chi connectivity index (χ1v) is 19.5. The number of nitrogens with zero attached hydrogens (tertiary/aromatic N) is 3. The van der Waals surface area contributed by atoms with Crippen molar-refractivity contribution < 1.29 is 32.8 Å². The lowest BCUT2D eigenvalue weighted by Gasteiger charge is -2.64. The molecule has 0 spiro atoms. The van der Waals surface area contributed by atoms with E-state index in [1.54, 1.807) is 6.26 Å². The van der Waals surface area contributed by atoms with Gasteiger partial charge in [-0.15, -0.1) is 0 Å². The SMILES string of the molecule is CC(CC(C)(C)N1CCOCC1)C(C#N)C(=O)N1C[C@@H]2C3[C@@H]2[C@]31COC(=O)N[C@@H](Cc1coc2ccccc12)B1O[C@@H]2C[C@@H]3C[C@@H](C3(C)C)[C@]2(C)O1. The van der Waals surface area contributed by atoms with Gasteiger partial charge in [0, 0.05) is 30.6 Å². The smallest absolute Gasteiger partial charge is 0.464 e. The number of para-hydroxylation sites is 1. The Morgan fingerprint density at radius 1 is 1.15 bits per heavy atom. The summed E-state index contributed by atoms with van der Waals surface area (Å²) in [6, 6.07) is 10.3. The van der Waals surface area contributed by atoms with Crippen LogP contribution in [-0.2, 0) is 30.0 Å². The number of carbonyl (C=O) groups is 2. The van der Waals surface area contributed by atoms with Crippen molar-refractivity contribution in [1.29, 1.82) is 5.26 Å². The predicted molar refractivity (Wildman–Crippen MR) is 193 cm³/mol. The summed E-state index contributed by atoms with van der Waals surface area (Å²) in [5, 5.41) is 14.4. The van der Waals surface area contributed by atoms with E-state index in [1.165, 1.54) is 0 Å². The third kappa shape index (κ3) is 5.12. The number of nitriles is 1. The number of hydrogen-bond acceptors (Lipinski definition) is 9. The van der Waals surface area contributed by atoms with Crippen LogP contribution >= 0.6 is 0 Å². The summed E-state index contributed by atoms with van der Waals surface area (Å²) in [5.41, 5.74) is 0.860. The highest BCUT2D eigenvalue weighted by Crippen LogP contribution is 2.83. The predicted octanol–water partition coefficient (Wildman–Crippen LogP) is 5.07. The van der Waals surface area contributed by atoms with Gasteiger partial charge in [0.2, 0.25) is 5.91 Å². The molecule has 9 fully saturated rings. The molecule has 1 N–H and O–H groups in total. The van der Waals surface area contributed by atoms with Crippen molar-refractivity contribution in [2.24, 2.45) is 46.8 Å². The van der Waals surface area contributed by atoms with E-state index in [0.717, 1.165) is 48.9 Å². The Labute approximate surface area is 307 Å². The number of rotatable bonds is 11. The molecule has 11 atom stereocenters. The second-order valence-electron chi connectivity index (χ2n) is 18.5. The molecule has 5 saturated carbocycles. The molecule has 278 valence electrons. The number of alkyl carbamates (subject to hydrolysis) is 1. The second kappa shape index (κ2) is 11.9. The minimum Gasteiger partial charge on any atom is -0.464 e. The molecule has 5 heterocycles. The Kier molecular flexibility index (Phi) is 7.96. The summed E-state index contributed by atoms with van der Waals surface area (Å²) < 4.78 is 30.9. The maximum absolute atomic E-state index is 14.1. The first kappa shape index (κ1) is 34.6. The molecule has 3 unspecified atom stereocenters. The Morgan fingerprint density at radius 3 is 2.63 bits per heavy atom. The maximum atomic E-state index is 14.1. The number of benzene rings is 1. The molecule has 2 amide bonds. The van der Waals surface area contributed by atoms with Crippen LogP contribution in [0.4, 0.5) is 4.79 Å². The molecule has 2 aromatic rings. The first-order chi connectivity index (χ1) is 24.8. The normalized spacial score (nSPS) is 36.9. The lowest BCUT2D eigenvalue weighted by molar-refractivity contribution is -0.199. The number of piperidine rings is 1. The number of morpholine rings is 1. The van der Waals surface area contributed by atoms with Crippen molar-refractivity contribution in [1.82, 2.24) is 15.1 Å². The van der Waals surface area contributed by atoms with Crippen LogP contribution in [0.1, 0.15) is 66.4 Å². The molecular formula is C40H53BN4O7. The minimum absolute atomic E-state index is 0.0296. The van der Waals surface area contributed by atoms with Gasteiger partial charge < -0.3 is 33.4 Å². The zero-order valence-corrected chi connectivity index (χ0v) is 31.4. The van der Waals surface area contributed by atoms with Crippen LogP contribution in [0.5, 0.6) is 0 Å². The zero-order valence-electron chi connectivity index (χ0n) is 31.4. The van der Waals surface area contributed by atoms with Crippen molar-refractivity contribution in [3.8, 4) is 6.07 Å². The van der Waals surface area contributed by atoms with Gasteiger partial charge in [-0.25, -0.2) is 4.79 Å². The summed E-state index contributed by atoms with van der Waals surface area (Å²) in [6.07, 6.45) is 4.43. The number of carbonyl (C=O) groups excluding carboxylic acids is 2. The van der Waals surface area contributed by atoms with Crippen molar-refractivity contribution >= 4 is 30.1 Å². The van der Waals surface area contributed by atoms with Crippen molar-refractivity contribution in [2.75, 3.05) is 39.5 Å². The minimum atomic E-state index is -0.753. The molecule has 11 nitrogen and oxygen atoms in total. The lowest BCUT2D eigenvalue weighted by atomic mass is 9.43. The number of ether oxygens (including phenoxy) is 2. The molecule has 4 bridgehead atoms. The number of hydrogen-bond donors (Lipinski definition) is 1. The highest BCUT2D eigenvalue weighted by molar-refractivity contribution is 6.48. The van der Waals surface area contributed by atoms with Gasteiger partial charge >= 0.3 is 13.2 Å². The van der Waals surface area contributed by atoms with Gasteiger partial charge in [-0.1, -0.05) is 39.0 Å². The van der Waals surface area contributed by atoms with Crippen molar-refractivity contribution in [3.05, 3.63) is 36.1 Å². The van der Waals surface area contributed by atoms with Crippen molar-refractivity contribution in [2.45, 2.75) is 95.9 Å². The quantitative estimate of drug-likeness (QED) is 0.318. The largest absolute Gasteiger partial charge is 0.482 e. The van der Waals surface area contributed by atoms with E-state index in [4.69, 9.17) is 23.2 Å². The van der Waals surface area contributed by atoms with E-state index in [0.29, 0.717) is 55.8 Å². The topological polar surface area (TPSA) is 127 Å². The van der Waals surface area contributed by atoms with E-state index in [1.807, 2.05) is 36.1 Å². The average molecular weight is 713 g/mol. The van der Waals surface area contributed by atoms with E-state index < -0.39 is 36.2 Å². The summed E-state index contributed by atoms with van der Waals surface area (Å²) in [7, 11) is -0.646. The van der Waals surface area contributed by atoms with Crippen LogP contribution in [0.2, 0.25) is 0 Å². The number of nitrogens with one attached hydrogen (secondary N) is 1. The molecule has 1 aromatic carbocycles. The highest BCUT2D eigenvalue weighted by atomic mass is 16.7. The second-order valence-corrected chi connectivity index (χ2v) is 18.5. The molecule has 4 aliphatic heterocycles. The molecule has 5 aliphatic carbocycles. The van der Waals surface area contributed by atoms with Crippen LogP contribution in [0.15, 0.2) is 34.9 Å². The number of fused-ring (bicyclic) bond motifs is 2. The maximum Gasteiger partial charge on any atom is 0.482 e. The van der Waals surface area contributed by atoms with Gasteiger partial charge in [0.15, 0.2) is 0 Å². The fraction of sp³-hybridized carbons (Fsp3) is 0.725. The van der Waals surface area contributed by atoms with Crippen LogP contribution in [0.25, 0.3) is 11.0 Å². The monoisotopic (exact) mass is 712 g/mol. The Balaban J connectivity index is 0.880. The van der Waals surface area contributed by atoms with Crippen molar-refractivity contribution in [3.63, 3.8) is 0 Å². The summed E-state index contributed by atoms with van der Waals surface area (Å²) in [4.78, 5) is 32.2. The van der Waals surface area contributed by atoms with Crippen LogP contribution in [0, 0.1) is 58.2 Å². The van der Waals surface area contributed by atoms with Gasteiger partial charge in [-0.3, -0.25) is 9.69 Å². The number of amides is 2. The van der Waals surface area contributed by atoms with Gasteiger partial charge in [0.1, 0.15) is 18.1 Å². The van der Waals surface area contributed by atoms with E-state index >= 15 is 0 Å². The molecule has 11 rings (SSSR count). The summed E-state index contributed by atoms with van der Waals surface area (Å²) >= 11 is 0. The van der Waals surface area contributed by atoms with Gasteiger partial charge in [0.25, 0.3) is 0 Å². The summed E-state index contributed by atoms with van der Waals surface area (Å²) in [5.74, 6) is 0.603. The van der Waals surface area contributed by atoms with E-state index in [2.05, 4.69) is 50.9 Å². The average Bonchev–Trinajstić information content (AvgIpc) is 3.70. The van der Waals surface area contributed by atoms with Gasteiger partial charge in [-0.2, -0.15) is 5.26 Å². The standard InChI is InChI=1S/C40H53BN4O7/c1-23(18-37(2,3)44-11-13-48-14-12-44)27(19-42)35(46)45-20-28-33-34(28)40(33,45)22-50-36(47)43-32(15-24-21-49-29-10-8-7-9-26(24)29)41-51-31-17-25-16-30(38(25,4)5)39(31,6)52-41/h7-10,21,23,25,27-28,30-34H,11-18,20,22H2,1-6H3,(H,43,47)/t23?,25-,27?,28-,30-,31+,32-,33+,34?,39-,40+/m0/s1. The lowest BCUT2D eigenvalue weighted by Crippen LogP contribution is -2.65. The molecule has 0 radical (unpaired) electrons. The Morgan fingerprint density at radius 2 is 1.90 bits per heavy atom. The molecule has 4 saturated heterocycles. The fourth-order valence-corrected chi connectivity index (χ4v) is 11.9. The molecule has 1 aromatic heterocycles.